The monoisotopic (exact) mass is 390 g/mol. The van der Waals surface area contributed by atoms with E-state index in [0.717, 1.165) is 23.1 Å². The van der Waals surface area contributed by atoms with Crippen LogP contribution in [0.2, 0.25) is 0 Å². The van der Waals surface area contributed by atoms with Crippen molar-refractivity contribution in [2.24, 2.45) is 0 Å². The minimum atomic E-state index is -3.50. The van der Waals surface area contributed by atoms with Crippen molar-refractivity contribution in [2.75, 3.05) is 29.0 Å². The molecule has 27 heavy (non-hydrogen) atoms. The Morgan fingerprint density at radius 2 is 1.78 bits per heavy atom. The Hall–Kier alpha value is -2.54. The molecule has 0 spiro atoms. The fraction of sp³-hybridized carbons (Fsp3) is 0.350. The average molecular weight is 391 g/mol. The van der Waals surface area contributed by atoms with Crippen molar-refractivity contribution in [1.82, 2.24) is 0 Å². The van der Waals surface area contributed by atoms with E-state index < -0.39 is 10.0 Å². The number of hydrogen-bond donors (Lipinski definition) is 1. The van der Waals surface area contributed by atoms with Crippen molar-refractivity contribution in [3.8, 4) is 5.75 Å². The van der Waals surface area contributed by atoms with Gasteiger partial charge >= 0.3 is 0 Å². The SMILES string of the molecule is CCOc1ccc(NC(=O)CCN(c2ccc(C)cc2C)S(C)(=O)=O)cc1. The Morgan fingerprint density at radius 1 is 1.11 bits per heavy atom. The molecule has 0 bridgehead atoms. The lowest BCUT2D eigenvalue weighted by molar-refractivity contribution is -0.116. The molecule has 0 saturated carbocycles. The van der Waals surface area contributed by atoms with Gasteiger partial charge in [0.1, 0.15) is 5.75 Å². The van der Waals surface area contributed by atoms with Crippen LogP contribution < -0.4 is 14.4 Å². The van der Waals surface area contributed by atoms with E-state index in [1.54, 1.807) is 30.3 Å². The van der Waals surface area contributed by atoms with Crippen LogP contribution in [0.4, 0.5) is 11.4 Å². The Kier molecular flexibility index (Phi) is 6.85. The van der Waals surface area contributed by atoms with E-state index in [9.17, 15) is 13.2 Å². The molecule has 0 aliphatic heterocycles. The van der Waals surface area contributed by atoms with E-state index in [1.165, 1.54) is 4.31 Å². The molecule has 2 rings (SSSR count). The number of aryl methyl sites for hydroxylation is 2. The number of ether oxygens (including phenoxy) is 1. The molecule has 0 heterocycles. The highest BCUT2D eigenvalue weighted by molar-refractivity contribution is 7.92. The van der Waals surface area contributed by atoms with Crippen molar-refractivity contribution in [1.29, 1.82) is 0 Å². The minimum absolute atomic E-state index is 0.0492. The molecule has 2 aromatic carbocycles. The van der Waals surface area contributed by atoms with Crippen LogP contribution in [0.3, 0.4) is 0 Å². The van der Waals surface area contributed by atoms with E-state index in [0.29, 0.717) is 18.0 Å². The van der Waals surface area contributed by atoms with Crippen molar-refractivity contribution < 1.29 is 17.9 Å². The van der Waals surface area contributed by atoms with Crippen molar-refractivity contribution in [2.45, 2.75) is 27.2 Å². The van der Waals surface area contributed by atoms with E-state index in [2.05, 4.69) is 5.32 Å². The molecule has 7 heteroatoms. The molecule has 0 atom stereocenters. The van der Waals surface area contributed by atoms with Crippen LogP contribution in [0.1, 0.15) is 24.5 Å². The van der Waals surface area contributed by atoms with Gasteiger partial charge < -0.3 is 10.1 Å². The summed E-state index contributed by atoms with van der Waals surface area (Å²) in [5.74, 6) is 0.478. The largest absolute Gasteiger partial charge is 0.494 e. The second-order valence-corrected chi connectivity index (χ2v) is 8.29. The molecule has 0 unspecified atom stereocenters. The number of rotatable bonds is 8. The smallest absolute Gasteiger partial charge is 0.232 e. The van der Waals surface area contributed by atoms with Gasteiger partial charge in [-0.15, -0.1) is 0 Å². The number of benzene rings is 2. The number of hydrogen-bond acceptors (Lipinski definition) is 4. The first-order valence-corrected chi connectivity index (χ1v) is 10.6. The maximum atomic E-state index is 12.3. The van der Waals surface area contributed by atoms with Gasteiger partial charge in [-0.05, 0) is 56.7 Å². The highest BCUT2D eigenvalue weighted by Gasteiger charge is 2.20. The maximum Gasteiger partial charge on any atom is 0.232 e. The summed E-state index contributed by atoms with van der Waals surface area (Å²) in [6.07, 6.45) is 1.20. The third-order valence-corrected chi connectivity index (χ3v) is 5.19. The van der Waals surface area contributed by atoms with E-state index in [-0.39, 0.29) is 18.9 Å². The third-order valence-electron chi connectivity index (χ3n) is 4.01. The van der Waals surface area contributed by atoms with Crippen molar-refractivity contribution >= 4 is 27.3 Å². The first-order valence-electron chi connectivity index (χ1n) is 8.78. The average Bonchev–Trinajstić information content (AvgIpc) is 2.57. The molecule has 6 nitrogen and oxygen atoms in total. The van der Waals surface area contributed by atoms with Crippen LogP contribution in [-0.2, 0) is 14.8 Å². The number of carbonyl (C=O) groups excluding carboxylic acids is 1. The molecule has 1 amide bonds. The summed E-state index contributed by atoms with van der Waals surface area (Å²) in [6.45, 7) is 6.36. The maximum absolute atomic E-state index is 12.3. The zero-order valence-electron chi connectivity index (χ0n) is 16.2. The lowest BCUT2D eigenvalue weighted by atomic mass is 10.1. The standard InChI is InChI=1S/C20H26N2O4S/c1-5-26-18-9-7-17(8-10-18)21-20(23)12-13-22(27(4,24)25)19-11-6-15(2)14-16(19)3/h6-11,14H,5,12-13H2,1-4H3,(H,21,23). The van der Waals surface area contributed by atoms with Crippen LogP contribution >= 0.6 is 0 Å². The lowest BCUT2D eigenvalue weighted by Gasteiger charge is -2.24. The predicted molar refractivity (Wildman–Crippen MR) is 109 cm³/mol. The number of carbonyl (C=O) groups is 1. The van der Waals surface area contributed by atoms with Gasteiger partial charge in [0.25, 0.3) is 0 Å². The Balaban J connectivity index is 2.05. The zero-order chi connectivity index (χ0) is 20.0. The van der Waals surface area contributed by atoms with Crippen molar-refractivity contribution in [3.63, 3.8) is 0 Å². The highest BCUT2D eigenvalue weighted by atomic mass is 32.2. The second-order valence-electron chi connectivity index (χ2n) is 6.38. The molecule has 0 aromatic heterocycles. The van der Waals surface area contributed by atoms with Crippen LogP contribution in [0, 0.1) is 13.8 Å². The molecule has 146 valence electrons. The van der Waals surface area contributed by atoms with Gasteiger partial charge in [-0.3, -0.25) is 9.10 Å². The summed E-state index contributed by atoms with van der Waals surface area (Å²) in [5, 5.41) is 2.78. The van der Waals surface area contributed by atoms with Gasteiger partial charge in [-0.2, -0.15) is 0 Å². The van der Waals surface area contributed by atoms with Gasteiger partial charge in [0.05, 0.1) is 18.6 Å². The van der Waals surface area contributed by atoms with E-state index >= 15 is 0 Å². The summed E-state index contributed by atoms with van der Waals surface area (Å²) in [7, 11) is -3.50. The first-order chi connectivity index (χ1) is 12.7. The molecule has 0 fully saturated rings. The zero-order valence-corrected chi connectivity index (χ0v) is 17.0. The number of nitrogens with zero attached hydrogens (tertiary/aromatic N) is 1. The van der Waals surface area contributed by atoms with Crippen molar-refractivity contribution in [3.05, 3.63) is 53.6 Å². The molecule has 0 aliphatic rings. The van der Waals surface area contributed by atoms with Crippen LogP contribution in [0.5, 0.6) is 5.75 Å². The number of sulfonamides is 1. The van der Waals surface area contributed by atoms with Gasteiger partial charge in [-0.1, -0.05) is 17.7 Å². The summed E-state index contributed by atoms with van der Waals surface area (Å²) >= 11 is 0. The molecule has 0 radical (unpaired) electrons. The lowest BCUT2D eigenvalue weighted by Crippen LogP contribution is -2.33. The minimum Gasteiger partial charge on any atom is -0.494 e. The Bertz CT molecular complexity index is 893. The number of amides is 1. The van der Waals surface area contributed by atoms with E-state index in [1.807, 2.05) is 32.9 Å². The normalized spacial score (nSPS) is 11.1. The number of nitrogens with one attached hydrogen (secondary N) is 1. The molecular formula is C20H26N2O4S. The summed E-state index contributed by atoms with van der Waals surface area (Å²) < 4.78 is 31.1. The van der Waals surface area contributed by atoms with Crippen LogP contribution in [0.15, 0.2) is 42.5 Å². The molecule has 2 aromatic rings. The predicted octanol–water partition coefficient (Wildman–Crippen LogP) is 3.50. The molecule has 0 saturated heterocycles. The first kappa shape index (κ1) is 20.8. The summed E-state index contributed by atoms with van der Waals surface area (Å²) in [6, 6.07) is 12.6. The topological polar surface area (TPSA) is 75.7 Å². The van der Waals surface area contributed by atoms with Gasteiger partial charge in [0, 0.05) is 18.7 Å². The van der Waals surface area contributed by atoms with Gasteiger partial charge in [0.2, 0.25) is 15.9 Å². The van der Waals surface area contributed by atoms with Gasteiger partial charge in [-0.25, -0.2) is 8.42 Å². The van der Waals surface area contributed by atoms with Gasteiger partial charge in [0.15, 0.2) is 0 Å². The fourth-order valence-corrected chi connectivity index (χ4v) is 3.76. The summed E-state index contributed by atoms with van der Waals surface area (Å²) in [5.41, 5.74) is 3.14. The van der Waals surface area contributed by atoms with E-state index in [4.69, 9.17) is 4.74 Å². The van der Waals surface area contributed by atoms with Crippen LogP contribution in [0.25, 0.3) is 0 Å². The van der Waals surface area contributed by atoms with Crippen LogP contribution in [-0.4, -0.2) is 33.7 Å². The Labute approximate surface area is 161 Å². The highest BCUT2D eigenvalue weighted by Crippen LogP contribution is 2.24. The molecule has 1 N–H and O–H groups in total. The molecule has 0 aliphatic carbocycles. The molecular weight excluding hydrogens is 364 g/mol. The Morgan fingerprint density at radius 3 is 2.33 bits per heavy atom. The second kappa shape index (κ2) is 8.90. The summed E-state index contributed by atoms with van der Waals surface area (Å²) in [4.78, 5) is 12.3. The fourth-order valence-electron chi connectivity index (χ4n) is 2.78. The third kappa shape index (κ3) is 5.99. The quantitative estimate of drug-likeness (QED) is 0.749. The number of anilines is 2.